The smallest absolute Gasteiger partial charge is 0.354 e. The van der Waals surface area contributed by atoms with E-state index in [-0.39, 0.29) is 17.3 Å². The Morgan fingerprint density at radius 2 is 2.04 bits per heavy atom. The highest BCUT2D eigenvalue weighted by molar-refractivity contribution is 5.64. The van der Waals surface area contributed by atoms with E-state index in [1.165, 1.54) is 23.4 Å². The Morgan fingerprint density at radius 1 is 1.22 bits per heavy atom. The summed E-state index contributed by atoms with van der Waals surface area (Å²) in [6.07, 6.45) is 6.64. The summed E-state index contributed by atoms with van der Waals surface area (Å²) < 4.78 is 1.49. The van der Waals surface area contributed by atoms with Crippen molar-refractivity contribution in [2.24, 2.45) is 0 Å². The Hall–Kier alpha value is -3.29. The number of anilines is 1. The molecular weight excluding hydrogens is 296 g/mol. The molecule has 0 amide bonds. The normalized spacial score (nSPS) is 10.4. The van der Waals surface area contributed by atoms with Crippen LogP contribution in [0.25, 0.3) is 5.82 Å². The maximum absolute atomic E-state index is 11.4. The van der Waals surface area contributed by atoms with E-state index in [0.717, 1.165) is 12.0 Å². The Kier molecular flexibility index (Phi) is 4.23. The van der Waals surface area contributed by atoms with E-state index in [1.807, 2.05) is 30.3 Å². The summed E-state index contributed by atoms with van der Waals surface area (Å²) in [4.78, 5) is 22.8. The summed E-state index contributed by atoms with van der Waals surface area (Å²) in [6.45, 7) is 0.533. The van der Waals surface area contributed by atoms with Crippen LogP contribution in [0.2, 0.25) is 0 Å². The molecule has 1 aromatic carbocycles. The van der Waals surface area contributed by atoms with Crippen LogP contribution >= 0.6 is 0 Å². The van der Waals surface area contributed by atoms with Gasteiger partial charge in [-0.05, 0) is 12.0 Å². The standard InChI is InChI=1S/C15H14N6O2/c22-21(23)13-14(17-7-6-12-4-2-1-3-5-12)18-10-19-15(13)20-9-8-16-11-20/h1-5,8-11H,6-7H2,(H,17,18,19). The van der Waals surface area contributed by atoms with Crippen molar-refractivity contribution < 1.29 is 4.92 Å². The Labute approximate surface area is 132 Å². The lowest BCUT2D eigenvalue weighted by molar-refractivity contribution is -0.384. The molecule has 0 spiro atoms. The van der Waals surface area contributed by atoms with Gasteiger partial charge in [0.25, 0.3) is 0 Å². The maximum Gasteiger partial charge on any atom is 0.354 e. The second-order valence-corrected chi connectivity index (χ2v) is 4.78. The zero-order chi connectivity index (χ0) is 16.1. The summed E-state index contributed by atoms with van der Waals surface area (Å²) >= 11 is 0. The first kappa shape index (κ1) is 14.6. The predicted molar refractivity (Wildman–Crippen MR) is 84.4 cm³/mol. The number of nitro groups is 1. The van der Waals surface area contributed by atoms with Crippen molar-refractivity contribution in [1.29, 1.82) is 0 Å². The van der Waals surface area contributed by atoms with Crippen LogP contribution < -0.4 is 5.32 Å². The van der Waals surface area contributed by atoms with Crippen molar-refractivity contribution in [1.82, 2.24) is 19.5 Å². The molecule has 0 aliphatic carbocycles. The molecule has 0 aliphatic heterocycles. The minimum atomic E-state index is -0.486. The van der Waals surface area contributed by atoms with Crippen LogP contribution in [0.5, 0.6) is 0 Å². The van der Waals surface area contributed by atoms with Crippen molar-refractivity contribution in [3.63, 3.8) is 0 Å². The summed E-state index contributed by atoms with van der Waals surface area (Å²) in [7, 11) is 0. The fraction of sp³-hybridized carbons (Fsp3) is 0.133. The molecular formula is C15H14N6O2. The predicted octanol–water partition coefficient (Wildman–Crippen LogP) is 2.23. The molecule has 116 valence electrons. The lowest BCUT2D eigenvalue weighted by Gasteiger charge is -2.08. The zero-order valence-electron chi connectivity index (χ0n) is 12.2. The fourth-order valence-corrected chi connectivity index (χ4v) is 2.21. The molecule has 8 nitrogen and oxygen atoms in total. The van der Waals surface area contributed by atoms with Gasteiger partial charge in [0, 0.05) is 18.9 Å². The van der Waals surface area contributed by atoms with E-state index in [0.29, 0.717) is 6.54 Å². The minimum Gasteiger partial charge on any atom is -0.364 e. The Balaban J connectivity index is 1.82. The molecule has 2 heterocycles. The average Bonchev–Trinajstić information content (AvgIpc) is 3.10. The first-order valence-corrected chi connectivity index (χ1v) is 7.01. The third-order valence-electron chi connectivity index (χ3n) is 3.28. The molecule has 0 atom stereocenters. The van der Waals surface area contributed by atoms with E-state index < -0.39 is 4.92 Å². The van der Waals surface area contributed by atoms with Gasteiger partial charge in [-0.1, -0.05) is 30.3 Å². The molecule has 23 heavy (non-hydrogen) atoms. The van der Waals surface area contributed by atoms with Gasteiger partial charge in [0.1, 0.15) is 12.7 Å². The molecule has 3 rings (SSSR count). The van der Waals surface area contributed by atoms with Gasteiger partial charge in [-0.3, -0.25) is 14.7 Å². The lowest BCUT2D eigenvalue weighted by Crippen LogP contribution is -2.11. The van der Waals surface area contributed by atoms with Crippen molar-refractivity contribution in [2.45, 2.75) is 6.42 Å². The lowest BCUT2D eigenvalue weighted by atomic mass is 10.1. The molecule has 3 aromatic rings. The van der Waals surface area contributed by atoms with Crippen LogP contribution in [-0.4, -0.2) is 31.0 Å². The molecule has 0 fully saturated rings. The second-order valence-electron chi connectivity index (χ2n) is 4.78. The minimum absolute atomic E-state index is 0.168. The fourth-order valence-electron chi connectivity index (χ4n) is 2.21. The molecule has 0 unspecified atom stereocenters. The number of hydrogen-bond acceptors (Lipinski definition) is 6. The monoisotopic (exact) mass is 310 g/mol. The van der Waals surface area contributed by atoms with Gasteiger partial charge in [-0.15, -0.1) is 0 Å². The van der Waals surface area contributed by atoms with E-state index in [9.17, 15) is 10.1 Å². The van der Waals surface area contributed by atoms with Crippen LogP contribution in [0.15, 0.2) is 55.4 Å². The highest BCUT2D eigenvalue weighted by Gasteiger charge is 2.23. The first-order chi connectivity index (χ1) is 11.3. The number of nitrogens with zero attached hydrogens (tertiary/aromatic N) is 5. The highest BCUT2D eigenvalue weighted by atomic mass is 16.6. The number of benzene rings is 1. The SMILES string of the molecule is O=[N+]([O-])c1c(NCCc2ccccc2)ncnc1-n1ccnc1. The van der Waals surface area contributed by atoms with Gasteiger partial charge in [0.2, 0.25) is 11.6 Å². The molecule has 0 aliphatic rings. The topological polar surface area (TPSA) is 98.8 Å². The van der Waals surface area contributed by atoms with Gasteiger partial charge in [0.05, 0.1) is 4.92 Å². The van der Waals surface area contributed by atoms with E-state index >= 15 is 0 Å². The average molecular weight is 310 g/mol. The van der Waals surface area contributed by atoms with E-state index in [2.05, 4.69) is 20.3 Å². The first-order valence-electron chi connectivity index (χ1n) is 7.01. The van der Waals surface area contributed by atoms with Gasteiger partial charge < -0.3 is 5.32 Å². The quantitative estimate of drug-likeness (QED) is 0.553. The highest BCUT2D eigenvalue weighted by Crippen LogP contribution is 2.27. The van der Waals surface area contributed by atoms with Crippen LogP contribution in [-0.2, 0) is 6.42 Å². The summed E-state index contributed by atoms with van der Waals surface area (Å²) in [5.74, 6) is 0.384. The molecule has 8 heteroatoms. The van der Waals surface area contributed by atoms with Crippen molar-refractivity contribution >= 4 is 11.5 Å². The van der Waals surface area contributed by atoms with Crippen molar-refractivity contribution in [3.05, 3.63) is 71.1 Å². The van der Waals surface area contributed by atoms with Gasteiger partial charge in [0.15, 0.2) is 0 Å². The number of rotatable bonds is 6. The summed E-state index contributed by atoms with van der Waals surface area (Å²) in [6, 6.07) is 9.88. The number of imidazole rings is 1. The Morgan fingerprint density at radius 3 is 2.74 bits per heavy atom. The molecule has 0 bridgehead atoms. The molecule has 2 aromatic heterocycles. The molecule has 0 saturated heterocycles. The number of nitrogens with one attached hydrogen (secondary N) is 1. The van der Waals surface area contributed by atoms with E-state index in [1.54, 1.807) is 6.20 Å². The summed E-state index contributed by atoms with van der Waals surface area (Å²) in [5, 5.41) is 14.4. The summed E-state index contributed by atoms with van der Waals surface area (Å²) in [5.41, 5.74) is 0.977. The Bertz CT molecular complexity index is 789. The third kappa shape index (κ3) is 3.31. The largest absolute Gasteiger partial charge is 0.364 e. The van der Waals surface area contributed by atoms with Gasteiger partial charge in [-0.2, -0.15) is 0 Å². The maximum atomic E-state index is 11.4. The van der Waals surface area contributed by atoms with E-state index in [4.69, 9.17) is 0 Å². The van der Waals surface area contributed by atoms with Crippen LogP contribution in [0, 0.1) is 10.1 Å². The zero-order valence-corrected chi connectivity index (χ0v) is 12.2. The second kappa shape index (κ2) is 6.65. The van der Waals surface area contributed by atoms with Crippen molar-refractivity contribution in [2.75, 3.05) is 11.9 Å². The van der Waals surface area contributed by atoms with Crippen LogP contribution in [0.1, 0.15) is 5.56 Å². The molecule has 0 radical (unpaired) electrons. The third-order valence-corrected chi connectivity index (χ3v) is 3.28. The van der Waals surface area contributed by atoms with Crippen molar-refractivity contribution in [3.8, 4) is 5.82 Å². The molecule has 1 N–H and O–H groups in total. The number of hydrogen-bond donors (Lipinski definition) is 1. The van der Waals surface area contributed by atoms with Crippen LogP contribution in [0.3, 0.4) is 0 Å². The number of aromatic nitrogens is 4. The van der Waals surface area contributed by atoms with Crippen LogP contribution in [0.4, 0.5) is 11.5 Å². The van der Waals surface area contributed by atoms with Gasteiger partial charge >= 0.3 is 5.69 Å². The molecule has 0 saturated carbocycles. The van der Waals surface area contributed by atoms with Gasteiger partial charge in [-0.25, -0.2) is 15.0 Å².